The topological polar surface area (TPSA) is 93.2 Å². The molecule has 136 valence electrons. The summed E-state index contributed by atoms with van der Waals surface area (Å²) in [5.41, 5.74) is 0.768. The first kappa shape index (κ1) is 17.7. The van der Waals surface area contributed by atoms with Crippen LogP contribution in [0.2, 0.25) is 0 Å². The Bertz CT molecular complexity index is 631. The summed E-state index contributed by atoms with van der Waals surface area (Å²) in [5.74, 6) is 0.949. The minimum absolute atomic E-state index is 0.00530. The number of aryl methyl sites for hydroxylation is 1. The van der Waals surface area contributed by atoms with Crippen LogP contribution in [0.4, 0.5) is 0 Å². The molecule has 2 aromatic heterocycles. The molecule has 1 aliphatic carbocycles. The number of carbonyl (C=O) groups is 1. The largest absolute Gasteiger partial charge is 0.472 e. The maximum atomic E-state index is 11.9. The second-order valence-electron chi connectivity index (χ2n) is 6.52. The Labute approximate surface area is 147 Å². The molecule has 0 aliphatic heterocycles. The fourth-order valence-corrected chi connectivity index (χ4v) is 3.14. The lowest BCUT2D eigenvalue weighted by Gasteiger charge is -2.16. The second-order valence-corrected chi connectivity index (χ2v) is 6.52. The Morgan fingerprint density at radius 2 is 2.04 bits per heavy atom. The van der Waals surface area contributed by atoms with E-state index < -0.39 is 0 Å². The molecular formula is C18H26N4O3. The van der Waals surface area contributed by atoms with Crippen molar-refractivity contribution in [2.75, 3.05) is 13.1 Å². The number of rotatable bonds is 8. The Hall–Kier alpha value is -2.15. The first-order valence-corrected chi connectivity index (χ1v) is 9.16. The quantitative estimate of drug-likeness (QED) is 0.564. The van der Waals surface area contributed by atoms with Gasteiger partial charge in [-0.3, -0.25) is 4.79 Å². The van der Waals surface area contributed by atoms with Gasteiger partial charge in [0.25, 0.3) is 0 Å². The number of aromatic nitrogens is 2. The average Bonchev–Trinajstić information content (AvgIpc) is 3.24. The Morgan fingerprint density at radius 1 is 1.20 bits per heavy atom. The van der Waals surface area contributed by atoms with Crippen molar-refractivity contribution in [2.45, 2.75) is 57.4 Å². The van der Waals surface area contributed by atoms with Gasteiger partial charge in [0.15, 0.2) is 0 Å². The molecule has 7 nitrogen and oxygen atoms in total. The van der Waals surface area contributed by atoms with Gasteiger partial charge >= 0.3 is 0 Å². The summed E-state index contributed by atoms with van der Waals surface area (Å²) in [5, 5.41) is 10.4. The monoisotopic (exact) mass is 346 g/mol. The van der Waals surface area contributed by atoms with Crippen molar-refractivity contribution >= 4 is 5.91 Å². The molecule has 0 saturated heterocycles. The minimum atomic E-state index is 0.00530. The van der Waals surface area contributed by atoms with E-state index in [4.69, 9.17) is 8.94 Å². The average molecular weight is 346 g/mol. The van der Waals surface area contributed by atoms with Crippen LogP contribution in [-0.2, 0) is 11.2 Å². The SMILES string of the molecule is O=C(CCc1nc(-c2ccoc2)no1)NCCNC1CCCCCC1. The summed E-state index contributed by atoms with van der Waals surface area (Å²) in [6.45, 7) is 1.47. The van der Waals surface area contributed by atoms with Crippen LogP contribution in [0.1, 0.15) is 50.8 Å². The van der Waals surface area contributed by atoms with Gasteiger partial charge < -0.3 is 19.6 Å². The van der Waals surface area contributed by atoms with Gasteiger partial charge in [-0.1, -0.05) is 30.8 Å². The van der Waals surface area contributed by atoms with E-state index in [1.807, 2.05) is 0 Å². The fourth-order valence-electron chi connectivity index (χ4n) is 3.14. The molecule has 25 heavy (non-hydrogen) atoms. The van der Waals surface area contributed by atoms with Gasteiger partial charge in [-0.05, 0) is 18.9 Å². The zero-order valence-electron chi connectivity index (χ0n) is 14.5. The molecule has 0 spiro atoms. The van der Waals surface area contributed by atoms with E-state index in [0.29, 0.717) is 37.1 Å². The summed E-state index contributed by atoms with van der Waals surface area (Å²) < 4.78 is 10.2. The maximum Gasteiger partial charge on any atom is 0.227 e. The smallest absolute Gasteiger partial charge is 0.227 e. The summed E-state index contributed by atoms with van der Waals surface area (Å²) in [6, 6.07) is 2.38. The number of carbonyl (C=O) groups excluding carboxylic acids is 1. The molecule has 3 rings (SSSR count). The van der Waals surface area contributed by atoms with Crippen LogP contribution in [0, 0.1) is 0 Å². The van der Waals surface area contributed by atoms with E-state index in [2.05, 4.69) is 20.8 Å². The van der Waals surface area contributed by atoms with Gasteiger partial charge in [-0.2, -0.15) is 4.98 Å². The first-order valence-electron chi connectivity index (χ1n) is 9.16. The lowest BCUT2D eigenvalue weighted by atomic mass is 10.1. The van der Waals surface area contributed by atoms with Gasteiger partial charge in [0.2, 0.25) is 17.6 Å². The second kappa shape index (κ2) is 9.36. The molecule has 7 heteroatoms. The first-order chi connectivity index (χ1) is 12.3. The van der Waals surface area contributed by atoms with Gasteiger partial charge in [0.05, 0.1) is 11.8 Å². The van der Waals surface area contributed by atoms with Crippen LogP contribution in [-0.4, -0.2) is 35.2 Å². The molecule has 1 amide bonds. The van der Waals surface area contributed by atoms with Crippen molar-refractivity contribution in [3.63, 3.8) is 0 Å². The number of amides is 1. The van der Waals surface area contributed by atoms with Gasteiger partial charge in [0.1, 0.15) is 6.26 Å². The lowest BCUT2D eigenvalue weighted by Crippen LogP contribution is -2.36. The van der Waals surface area contributed by atoms with Crippen molar-refractivity contribution in [3.05, 3.63) is 24.5 Å². The molecule has 2 heterocycles. The van der Waals surface area contributed by atoms with E-state index >= 15 is 0 Å². The predicted octanol–water partition coefficient (Wildman–Crippen LogP) is 2.69. The highest BCUT2D eigenvalue weighted by Crippen LogP contribution is 2.17. The molecule has 1 fully saturated rings. The van der Waals surface area contributed by atoms with Crippen LogP contribution < -0.4 is 10.6 Å². The Kier molecular flexibility index (Phi) is 6.62. The molecule has 0 radical (unpaired) electrons. The third-order valence-electron chi connectivity index (χ3n) is 4.55. The molecule has 1 aliphatic rings. The Morgan fingerprint density at radius 3 is 2.80 bits per heavy atom. The van der Waals surface area contributed by atoms with E-state index in [0.717, 1.165) is 12.1 Å². The van der Waals surface area contributed by atoms with Crippen LogP contribution in [0.5, 0.6) is 0 Å². The maximum absolute atomic E-state index is 11.9. The molecule has 1 saturated carbocycles. The number of furan rings is 1. The minimum Gasteiger partial charge on any atom is -0.472 e. The fraction of sp³-hybridized carbons (Fsp3) is 0.611. The highest BCUT2D eigenvalue weighted by atomic mass is 16.5. The third-order valence-corrected chi connectivity index (χ3v) is 4.55. The van der Waals surface area contributed by atoms with E-state index in [9.17, 15) is 4.79 Å². The van der Waals surface area contributed by atoms with Crippen molar-refractivity contribution in [3.8, 4) is 11.4 Å². The van der Waals surface area contributed by atoms with Crippen LogP contribution in [0.3, 0.4) is 0 Å². The van der Waals surface area contributed by atoms with Crippen LogP contribution >= 0.6 is 0 Å². The normalized spacial score (nSPS) is 15.8. The predicted molar refractivity (Wildman–Crippen MR) is 92.8 cm³/mol. The summed E-state index contributed by atoms with van der Waals surface area (Å²) in [4.78, 5) is 16.2. The van der Waals surface area contributed by atoms with Gasteiger partial charge in [0, 0.05) is 32.0 Å². The number of hydrogen-bond donors (Lipinski definition) is 2. The number of hydrogen-bond acceptors (Lipinski definition) is 6. The lowest BCUT2D eigenvalue weighted by molar-refractivity contribution is -0.121. The van der Waals surface area contributed by atoms with Crippen LogP contribution in [0.25, 0.3) is 11.4 Å². The highest BCUT2D eigenvalue weighted by Gasteiger charge is 2.12. The molecule has 0 aromatic carbocycles. The molecule has 0 bridgehead atoms. The van der Waals surface area contributed by atoms with Crippen molar-refractivity contribution in [1.82, 2.24) is 20.8 Å². The molecule has 0 unspecified atom stereocenters. The number of nitrogens with zero attached hydrogens (tertiary/aromatic N) is 2. The van der Waals surface area contributed by atoms with E-state index in [-0.39, 0.29) is 5.91 Å². The molecule has 2 N–H and O–H groups in total. The van der Waals surface area contributed by atoms with Gasteiger partial charge in [-0.15, -0.1) is 0 Å². The van der Waals surface area contributed by atoms with Crippen LogP contribution in [0.15, 0.2) is 27.5 Å². The van der Waals surface area contributed by atoms with E-state index in [1.54, 1.807) is 18.6 Å². The number of nitrogens with one attached hydrogen (secondary N) is 2. The highest BCUT2D eigenvalue weighted by molar-refractivity contribution is 5.76. The van der Waals surface area contributed by atoms with Crippen molar-refractivity contribution < 1.29 is 13.7 Å². The summed E-state index contributed by atoms with van der Waals surface area (Å²) in [6.07, 6.45) is 11.7. The Balaban J connectivity index is 1.30. The van der Waals surface area contributed by atoms with Gasteiger partial charge in [-0.25, -0.2) is 0 Å². The zero-order valence-corrected chi connectivity index (χ0v) is 14.5. The molecular weight excluding hydrogens is 320 g/mol. The molecule has 2 aromatic rings. The standard InChI is InChI=1S/C18H26N4O3/c23-16(20-11-10-19-15-5-3-1-2-4-6-15)7-8-17-21-18(22-25-17)14-9-12-24-13-14/h9,12-13,15,19H,1-8,10-11H2,(H,20,23). The summed E-state index contributed by atoms with van der Waals surface area (Å²) in [7, 11) is 0. The van der Waals surface area contributed by atoms with E-state index in [1.165, 1.54) is 38.5 Å². The third kappa shape index (κ3) is 5.70. The van der Waals surface area contributed by atoms with Crippen molar-refractivity contribution in [2.24, 2.45) is 0 Å². The molecule has 0 atom stereocenters. The zero-order chi connectivity index (χ0) is 17.3. The van der Waals surface area contributed by atoms with Crippen molar-refractivity contribution in [1.29, 1.82) is 0 Å². The summed E-state index contributed by atoms with van der Waals surface area (Å²) >= 11 is 0.